The lowest BCUT2D eigenvalue weighted by Crippen LogP contribution is -2.02. The van der Waals surface area contributed by atoms with Crippen LogP contribution in [0.5, 0.6) is 0 Å². The van der Waals surface area contributed by atoms with Crippen molar-refractivity contribution < 1.29 is 9.90 Å². The molecule has 2 aromatic heterocycles. The van der Waals surface area contributed by atoms with E-state index in [1.165, 1.54) is 37.0 Å². The SMILES string of the molecule is Cn1c(C2CCCC2)nc2sc(C(=O)O)cc21. The van der Waals surface area contributed by atoms with Crippen molar-refractivity contribution in [2.24, 2.45) is 7.05 Å². The van der Waals surface area contributed by atoms with Gasteiger partial charge in [0.1, 0.15) is 15.5 Å². The highest BCUT2D eigenvalue weighted by molar-refractivity contribution is 7.20. The number of aryl methyl sites for hydroxylation is 1. The Morgan fingerprint density at radius 3 is 2.82 bits per heavy atom. The number of imidazole rings is 1. The molecule has 3 rings (SSSR count). The minimum Gasteiger partial charge on any atom is -0.477 e. The molecule has 0 saturated heterocycles. The predicted octanol–water partition coefficient (Wildman–Crippen LogP) is 2.99. The van der Waals surface area contributed by atoms with Gasteiger partial charge in [-0.25, -0.2) is 9.78 Å². The fraction of sp³-hybridized carbons (Fsp3) is 0.500. The smallest absolute Gasteiger partial charge is 0.346 e. The first-order valence-corrected chi connectivity index (χ1v) is 6.68. The monoisotopic (exact) mass is 250 g/mol. The second-order valence-corrected chi connectivity index (χ2v) is 5.65. The van der Waals surface area contributed by atoms with Crippen molar-refractivity contribution in [2.45, 2.75) is 31.6 Å². The highest BCUT2D eigenvalue weighted by Gasteiger charge is 2.23. The quantitative estimate of drug-likeness (QED) is 0.891. The van der Waals surface area contributed by atoms with Gasteiger partial charge in [0.25, 0.3) is 0 Å². The van der Waals surface area contributed by atoms with E-state index in [0.717, 1.165) is 16.2 Å². The van der Waals surface area contributed by atoms with Gasteiger partial charge < -0.3 is 9.67 Å². The molecule has 1 N–H and O–H groups in total. The largest absolute Gasteiger partial charge is 0.477 e. The summed E-state index contributed by atoms with van der Waals surface area (Å²) in [6.45, 7) is 0. The van der Waals surface area contributed by atoms with Gasteiger partial charge in [-0.15, -0.1) is 11.3 Å². The van der Waals surface area contributed by atoms with E-state index in [-0.39, 0.29) is 0 Å². The third kappa shape index (κ3) is 1.65. The summed E-state index contributed by atoms with van der Waals surface area (Å²) < 4.78 is 2.06. The summed E-state index contributed by atoms with van der Waals surface area (Å²) in [7, 11) is 1.99. The normalized spacial score (nSPS) is 17.0. The van der Waals surface area contributed by atoms with Crippen LogP contribution < -0.4 is 0 Å². The Morgan fingerprint density at radius 1 is 1.53 bits per heavy atom. The van der Waals surface area contributed by atoms with Gasteiger partial charge in [0, 0.05) is 13.0 Å². The lowest BCUT2D eigenvalue weighted by atomic mass is 10.1. The standard InChI is InChI=1S/C12H14N2O2S/c1-14-8-6-9(12(15)16)17-11(8)13-10(14)7-4-2-3-5-7/h6-7H,2-5H2,1H3,(H,15,16). The number of thiophene rings is 1. The van der Waals surface area contributed by atoms with Gasteiger partial charge in [-0.1, -0.05) is 12.8 Å². The molecule has 0 atom stereocenters. The molecule has 1 aliphatic rings. The Morgan fingerprint density at radius 2 is 2.24 bits per heavy atom. The van der Waals surface area contributed by atoms with E-state index in [9.17, 15) is 4.79 Å². The van der Waals surface area contributed by atoms with Gasteiger partial charge in [-0.05, 0) is 18.9 Å². The zero-order valence-corrected chi connectivity index (χ0v) is 10.5. The minimum absolute atomic E-state index is 0.371. The number of hydrogen-bond acceptors (Lipinski definition) is 3. The molecule has 0 radical (unpaired) electrons. The molecule has 0 aromatic carbocycles. The summed E-state index contributed by atoms with van der Waals surface area (Å²) >= 11 is 1.27. The summed E-state index contributed by atoms with van der Waals surface area (Å²) in [6, 6.07) is 1.73. The maximum Gasteiger partial charge on any atom is 0.346 e. The molecule has 0 unspecified atom stereocenters. The van der Waals surface area contributed by atoms with Gasteiger partial charge >= 0.3 is 5.97 Å². The van der Waals surface area contributed by atoms with Crippen molar-refractivity contribution in [2.75, 3.05) is 0 Å². The van der Waals surface area contributed by atoms with Gasteiger partial charge in [-0.2, -0.15) is 0 Å². The van der Waals surface area contributed by atoms with Gasteiger partial charge in [0.15, 0.2) is 0 Å². The lowest BCUT2D eigenvalue weighted by Gasteiger charge is -2.08. The third-order valence-corrected chi connectivity index (χ3v) is 4.55. The Kier molecular flexibility index (Phi) is 2.43. The first-order chi connectivity index (χ1) is 8.16. The number of hydrogen-bond donors (Lipinski definition) is 1. The summed E-state index contributed by atoms with van der Waals surface area (Å²) in [5, 5.41) is 8.95. The Labute approximate surface area is 103 Å². The van der Waals surface area contributed by atoms with E-state index < -0.39 is 5.97 Å². The molecule has 2 aromatic rings. The highest BCUT2D eigenvalue weighted by atomic mass is 32.1. The Hall–Kier alpha value is -1.36. The van der Waals surface area contributed by atoms with Crippen LogP contribution in [0.3, 0.4) is 0 Å². The topological polar surface area (TPSA) is 55.1 Å². The average molecular weight is 250 g/mol. The first-order valence-electron chi connectivity index (χ1n) is 5.86. The summed E-state index contributed by atoms with van der Waals surface area (Å²) in [5.41, 5.74) is 0.953. The number of fused-ring (bicyclic) bond motifs is 1. The molecule has 1 fully saturated rings. The zero-order chi connectivity index (χ0) is 12.0. The van der Waals surface area contributed by atoms with Crippen LogP contribution >= 0.6 is 11.3 Å². The summed E-state index contributed by atoms with van der Waals surface area (Å²) in [4.78, 5) is 16.7. The number of aromatic carboxylic acids is 1. The summed E-state index contributed by atoms with van der Waals surface area (Å²) in [5.74, 6) is 0.823. The maximum atomic E-state index is 10.9. The molecule has 4 nitrogen and oxygen atoms in total. The van der Waals surface area contributed by atoms with Gasteiger partial charge in [-0.3, -0.25) is 0 Å². The van der Waals surface area contributed by atoms with Crippen molar-refractivity contribution in [3.8, 4) is 0 Å². The van der Waals surface area contributed by atoms with Crippen LogP contribution in [-0.2, 0) is 7.05 Å². The van der Waals surface area contributed by atoms with Crippen LogP contribution in [0.2, 0.25) is 0 Å². The molecule has 0 spiro atoms. The van der Waals surface area contributed by atoms with E-state index >= 15 is 0 Å². The molecular formula is C12H14N2O2S. The Bertz CT molecular complexity index is 579. The molecule has 2 heterocycles. The lowest BCUT2D eigenvalue weighted by molar-refractivity contribution is 0.0702. The van der Waals surface area contributed by atoms with Crippen molar-refractivity contribution in [1.29, 1.82) is 0 Å². The molecular weight excluding hydrogens is 236 g/mol. The van der Waals surface area contributed by atoms with Crippen LogP contribution in [0.15, 0.2) is 6.07 Å². The Balaban J connectivity index is 2.07. The van der Waals surface area contributed by atoms with Gasteiger partial charge in [0.05, 0.1) is 5.52 Å². The van der Waals surface area contributed by atoms with E-state index in [1.807, 2.05) is 7.05 Å². The number of carbonyl (C=O) groups is 1. The molecule has 0 aliphatic heterocycles. The molecule has 0 amide bonds. The first kappa shape index (κ1) is 10.8. The van der Waals surface area contributed by atoms with Crippen LogP contribution in [0.25, 0.3) is 10.3 Å². The molecule has 17 heavy (non-hydrogen) atoms. The fourth-order valence-electron chi connectivity index (χ4n) is 2.65. The van der Waals surface area contributed by atoms with Crippen LogP contribution in [-0.4, -0.2) is 20.6 Å². The van der Waals surface area contributed by atoms with Gasteiger partial charge in [0.2, 0.25) is 0 Å². The minimum atomic E-state index is -0.865. The average Bonchev–Trinajstić information content (AvgIpc) is 2.95. The van der Waals surface area contributed by atoms with Crippen molar-refractivity contribution in [3.05, 3.63) is 16.8 Å². The van der Waals surface area contributed by atoms with Crippen LogP contribution in [0, 0.1) is 0 Å². The second-order valence-electron chi connectivity index (χ2n) is 4.62. The van der Waals surface area contributed by atoms with E-state index in [4.69, 9.17) is 5.11 Å². The molecule has 1 saturated carbocycles. The molecule has 1 aliphatic carbocycles. The highest BCUT2D eigenvalue weighted by Crippen LogP contribution is 2.36. The van der Waals surface area contributed by atoms with Crippen molar-refractivity contribution in [1.82, 2.24) is 9.55 Å². The fourth-order valence-corrected chi connectivity index (χ4v) is 3.55. The number of nitrogens with zero attached hydrogens (tertiary/aromatic N) is 2. The predicted molar refractivity (Wildman–Crippen MR) is 66.8 cm³/mol. The number of carboxylic acids is 1. The van der Waals surface area contributed by atoms with Crippen LogP contribution in [0.1, 0.15) is 47.1 Å². The van der Waals surface area contributed by atoms with Crippen molar-refractivity contribution in [3.63, 3.8) is 0 Å². The number of aromatic nitrogens is 2. The molecule has 90 valence electrons. The van der Waals surface area contributed by atoms with E-state index in [2.05, 4.69) is 9.55 Å². The second kappa shape index (κ2) is 3.84. The molecule has 0 bridgehead atoms. The zero-order valence-electron chi connectivity index (χ0n) is 9.64. The van der Waals surface area contributed by atoms with Crippen LogP contribution in [0.4, 0.5) is 0 Å². The number of carboxylic acid groups (broad SMARTS) is 1. The van der Waals surface area contributed by atoms with E-state index in [1.54, 1.807) is 6.07 Å². The third-order valence-electron chi connectivity index (χ3n) is 3.55. The van der Waals surface area contributed by atoms with Crippen molar-refractivity contribution >= 4 is 27.7 Å². The maximum absolute atomic E-state index is 10.9. The van der Waals surface area contributed by atoms with E-state index in [0.29, 0.717) is 10.8 Å². The molecule has 5 heteroatoms. The summed E-state index contributed by atoms with van der Waals surface area (Å²) in [6.07, 6.45) is 4.99. The number of rotatable bonds is 2.